The van der Waals surface area contributed by atoms with Crippen LogP contribution in [0.2, 0.25) is 0 Å². The fourth-order valence-electron chi connectivity index (χ4n) is 1.49. The van der Waals surface area contributed by atoms with Crippen molar-refractivity contribution in [1.29, 1.82) is 0 Å². The van der Waals surface area contributed by atoms with Crippen molar-refractivity contribution in [2.24, 2.45) is 5.92 Å². The molecule has 0 spiro atoms. The molecule has 0 bridgehead atoms. The molecule has 1 aliphatic carbocycles. The molecule has 60 valence electrons. The van der Waals surface area contributed by atoms with Gasteiger partial charge in [-0.1, -0.05) is 6.42 Å². The third-order valence-electron chi connectivity index (χ3n) is 2.04. The molecule has 3 nitrogen and oxygen atoms in total. The molecule has 2 N–H and O–H groups in total. The van der Waals surface area contributed by atoms with Crippen LogP contribution in [0.5, 0.6) is 0 Å². The van der Waals surface area contributed by atoms with E-state index in [0.717, 1.165) is 19.3 Å². The Morgan fingerprint density at radius 1 is 1.64 bits per heavy atom. The summed E-state index contributed by atoms with van der Waals surface area (Å²) in [5.41, 5.74) is 0. The second-order valence-electron chi connectivity index (χ2n) is 2.76. The van der Waals surface area contributed by atoms with Crippen molar-refractivity contribution < 1.29 is 9.90 Å². The summed E-state index contributed by atoms with van der Waals surface area (Å²) < 4.78 is 0. The maximum Gasteiger partial charge on any atom is 0.404 e. The van der Waals surface area contributed by atoms with Gasteiger partial charge in [-0.15, -0.1) is 12.3 Å². The van der Waals surface area contributed by atoms with E-state index >= 15 is 0 Å². The summed E-state index contributed by atoms with van der Waals surface area (Å²) in [5.74, 6) is 2.70. The normalized spacial score (nSPS) is 29.4. The van der Waals surface area contributed by atoms with E-state index in [1.165, 1.54) is 0 Å². The van der Waals surface area contributed by atoms with Crippen LogP contribution in [0.15, 0.2) is 0 Å². The highest BCUT2D eigenvalue weighted by Gasteiger charge is 2.26. The number of rotatable bonds is 1. The lowest BCUT2D eigenvalue weighted by molar-refractivity contribution is 0.188. The summed E-state index contributed by atoms with van der Waals surface area (Å²) in [7, 11) is 0. The summed E-state index contributed by atoms with van der Waals surface area (Å²) in [5, 5.41) is 10.8. The SMILES string of the molecule is C#C[C@@H]1CCC[C@H]1NC(=O)O. The highest BCUT2D eigenvalue weighted by molar-refractivity contribution is 5.65. The monoisotopic (exact) mass is 153 g/mol. The van der Waals surface area contributed by atoms with Gasteiger partial charge in [0.1, 0.15) is 0 Å². The van der Waals surface area contributed by atoms with E-state index in [4.69, 9.17) is 11.5 Å². The van der Waals surface area contributed by atoms with Crippen LogP contribution in [0.1, 0.15) is 19.3 Å². The molecule has 11 heavy (non-hydrogen) atoms. The first-order valence-electron chi connectivity index (χ1n) is 3.69. The van der Waals surface area contributed by atoms with E-state index < -0.39 is 6.09 Å². The maximum absolute atomic E-state index is 10.2. The quantitative estimate of drug-likeness (QED) is 0.553. The van der Waals surface area contributed by atoms with E-state index in [0.29, 0.717) is 0 Å². The summed E-state index contributed by atoms with van der Waals surface area (Å²) >= 11 is 0. The van der Waals surface area contributed by atoms with Crippen molar-refractivity contribution >= 4 is 6.09 Å². The fourth-order valence-corrected chi connectivity index (χ4v) is 1.49. The Kier molecular flexibility index (Phi) is 2.37. The molecule has 1 amide bonds. The minimum absolute atomic E-state index is 0.0162. The molecule has 1 aliphatic rings. The standard InChI is InChI=1S/C8H11NO2/c1-2-6-4-3-5-7(6)9-8(10)11/h1,6-7,9H,3-5H2,(H,10,11)/t6-,7-/m1/s1. The largest absolute Gasteiger partial charge is 0.465 e. The molecule has 1 rings (SSSR count). The Labute approximate surface area is 65.8 Å². The molecule has 0 unspecified atom stereocenters. The minimum Gasteiger partial charge on any atom is -0.465 e. The first-order chi connectivity index (χ1) is 5.24. The first kappa shape index (κ1) is 7.93. The van der Waals surface area contributed by atoms with E-state index in [9.17, 15) is 4.79 Å². The molecular formula is C8H11NO2. The highest BCUT2D eigenvalue weighted by atomic mass is 16.4. The summed E-state index contributed by atoms with van der Waals surface area (Å²) in [4.78, 5) is 10.2. The second kappa shape index (κ2) is 3.29. The molecule has 0 aromatic carbocycles. The number of terminal acetylenes is 1. The summed E-state index contributed by atoms with van der Waals surface area (Å²) in [6, 6.07) is -0.0162. The molecule has 2 atom stereocenters. The third kappa shape index (κ3) is 1.87. The zero-order chi connectivity index (χ0) is 8.27. The third-order valence-corrected chi connectivity index (χ3v) is 2.04. The van der Waals surface area contributed by atoms with Crippen LogP contribution in [0.25, 0.3) is 0 Å². The van der Waals surface area contributed by atoms with Crippen LogP contribution in [0.4, 0.5) is 4.79 Å². The molecule has 0 aromatic rings. The van der Waals surface area contributed by atoms with Gasteiger partial charge in [0.25, 0.3) is 0 Å². The first-order valence-corrected chi connectivity index (χ1v) is 3.69. The average Bonchev–Trinajstić information content (AvgIpc) is 2.34. The predicted octanol–water partition coefficient (Wildman–Crippen LogP) is 1.06. The van der Waals surface area contributed by atoms with Gasteiger partial charge in [-0.2, -0.15) is 0 Å². The van der Waals surface area contributed by atoms with Gasteiger partial charge in [-0.25, -0.2) is 4.79 Å². The molecule has 0 aliphatic heterocycles. The number of hydrogen-bond donors (Lipinski definition) is 2. The Morgan fingerprint density at radius 2 is 2.36 bits per heavy atom. The van der Waals surface area contributed by atoms with Crippen molar-refractivity contribution in [2.75, 3.05) is 0 Å². The average molecular weight is 153 g/mol. The number of hydrogen-bond acceptors (Lipinski definition) is 1. The summed E-state index contributed by atoms with van der Waals surface area (Å²) in [6.45, 7) is 0. The zero-order valence-corrected chi connectivity index (χ0v) is 6.21. The van der Waals surface area contributed by atoms with Crippen molar-refractivity contribution in [1.82, 2.24) is 5.32 Å². The van der Waals surface area contributed by atoms with Crippen LogP contribution in [0, 0.1) is 18.3 Å². The van der Waals surface area contributed by atoms with Gasteiger partial charge in [0, 0.05) is 12.0 Å². The Bertz CT molecular complexity index is 195. The molecule has 0 aromatic heterocycles. The molecule has 0 saturated heterocycles. The van der Waals surface area contributed by atoms with Crippen LogP contribution in [0.3, 0.4) is 0 Å². The number of carboxylic acid groups (broad SMARTS) is 1. The smallest absolute Gasteiger partial charge is 0.404 e. The van der Waals surface area contributed by atoms with E-state index in [1.807, 2.05) is 0 Å². The van der Waals surface area contributed by atoms with Gasteiger partial charge >= 0.3 is 6.09 Å². The van der Waals surface area contributed by atoms with Crippen molar-refractivity contribution in [3.05, 3.63) is 0 Å². The van der Waals surface area contributed by atoms with Crippen LogP contribution < -0.4 is 5.32 Å². The molecule has 1 fully saturated rings. The lowest BCUT2D eigenvalue weighted by Crippen LogP contribution is -2.35. The van der Waals surface area contributed by atoms with Crippen molar-refractivity contribution in [3.8, 4) is 12.3 Å². The van der Waals surface area contributed by atoms with Gasteiger partial charge in [-0.05, 0) is 12.8 Å². The van der Waals surface area contributed by atoms with E-state index in [-0.39, 0.29) is 12.0 Å². The zero-order valence-electron chi connectivity index (χ0n) is 6.21. The second-order valence-corrected chi connectivity index (χ2v) is 2.76. The number of nitrogens with one attached hydrogen (secondary N) is 1. The maximum atomic E-state index is 10.2. The Balaban J connectivity index is 2.45. The fraction of sp³-hybridized carbons (Fsp3) is 0.625. The molecule has 0 radical (unpaired) electrons. The molecular weight excluding hydrogens is 142 g/mol. The lowest BCUT2D eigenvalue weighted by atomic mass is 10.1. The molecule has 0 heterocycles. The predicted molar refractivity (Wildman–Crippen MR) is 41.1 cm³/mol. The Hall–Kier alpha value is -1.17. The van der Waals surface area contributed by atoms with E-state index in [2.05, 4.69) is 11.2 Å². The number of carbonyl (C=O) groups is 1. The van der Waals surface area contributed by atoms with Gasteiger partial charge in [0.2, 0.25) is 0 Å². The van der Waals surface area contributed by atoms with E-state index in [1.54, 1.807) is 0 Å². The van der Waals surface area contributed by atoms with Crippen LogP contribution in [-0.2, 0) is 0 Å². The topological polar surface area (TPSA) is 49.3 Å². The minimum atomic E-state index is -0.975. The van der Waals surface area contributed by atoms with Gasteiger partial charge in [-0.3, -0.25) is 0 Å². The summed E-state index contributed by atoms with van der Waals surface area (Å²) in [6.07, 6.45) is 7.09. The highest BCUT2D eigenvalue weighted by Crippen LogP contribution is 2.24. The lowest BCUT2D eigenvalue weighted by Gasteiger charge is -2.13. The van der Waals surface area contributed by atoms with Crippen molar-refractivity contribution in [2.45, 2.75) is 25.3 Å². The number of amides is 1. The Morgan fingerprint density at radius 3 is 2.91 bits per heavy atom. The molecule has 3 heteroatoms. The van der Waals surface area contributed by atoms with Gasteiger partial charge in [0.05, 0.1) is 0 Å². The van der Waals surface area contributed by atoms with Gasteiger partial charge < -0.3 is 10.4 Å². The van der Waals surface area contributed by atoms with Crippen LogP contribution in [-0.4, -0.2) is 17.2 Å². The van der Waals surface area contributed by atoms with Crippen molar-refractivity contribution in [3.63, 3.8) is 0 Å². The van der Waals surface area contributed by atoms with Gasteiger partial charge in [0.15, 0.2) is 0 Å². The molecule has 1 saturated carbocycles. The van der Waals surface area contributed by atoms with Crippen LogP contribution >= 0.6 is 0 Å².